The maximum absolute atomic E-state index is 11.5. The Bertz CT molecular complexity index is 822. The van der Waals surface area contributed by atoms with Crippen molar-refractivity contribution in [1.82, 2.24) is 0 Å². The number of carbonyl (C=O) groups excluding carboxylic acids is 1. The number of fused-ring (bicyclic) bond motifs is 4. The fourth-order valence-corrected chi connectivity index (χ4v) is 9.48. The second-order valence-corrected chi connectivity index (χ2v) is 14.2. The van der Waals surface area contributed by atoms with Gasteiger partial charge in [-0.15, -0.1) is 0 Å². The molecular formula is C30H50O4. The van der Waals surface area contributed by atoms with Crippen LogP contribution in [-0.2, 0) is 9.53 Å². The van der Waals surface area contributed by atoms with Gasteiger partial charge in [-0.2, -0.15) is 0 Å². The van der Waals surface area contributed by atoms with Crippen LogP contribution in [0.2, 0.25) is 0 Å². The van der Waals surface area contributed by atoms with E-state index in [1.54, 1.807) is 11.1 Å². The predicted molar refractivity (Wildman–Crippen MR) is 136 cm³/mol. The molecule has 4 rings (SSSR count). The number of rotatable bonds is 7. The Morgan fingerprint density at radius 2 is 1.74 bits per heavy atom. The van der Waals surface area contributed by atoms with Crippen LogP contribution >= 0.6 is 0 Å². The van der Waals surface area contributed by atoms with Gasteiger partial charge in [0.2, 0.25) is 0 Å². The Balaban J connectivity index is 1.64. The van der Waals surface area contributed by atoms with Crippen LogP contribution < -0.4 is 0 Å². The van der Waals surface area contributed by atoms with Gasteiger partial charge in [0, 0.05) is 5.92 Å². The summed E-state index contributed by atoms with van der Waals surface area (Å²) >= 11 is 0. The first-order valence-electron chi connectivity index (χ1n) is 13.9. The zero-order chi connectivity index (χ0) is 25.2. The first-order chi connectivity index (χ1) is 15.7. The standard InChI is InChI=1S/C30H50O4/c1-26(2,33)15-8-9-23(34-19-31)22-13-18-29(6)21-10-11-24-27(3,4)25(32)14-16-28(24,5)20(21)12-17-30(22,29)7/h19,22-25,32-33H,8-18H2,1-7H3/t22-,23-,24?,25+,28-,29+,30-/m1/s1. The largest absolute Gasteiger partial charge is 0.464 e. The maximum Gasteiger partial charge on any atom is 0.293 e. The Labute approximate surface area is 207 Å². The highest BCUT2D eigenvalue weighted by Crippen LogP contribution is 2.72. The monoisotopic (exact) mass is 474 g/mol. The highest BCUT2D eigenvalue weighted by molar-refractivity contribution is 5.40. The molecule has 7 atom stereocenters. The lowest BCUT2D eigenvalue weighted by Gasteiger charge is -2.62. The zero-order valence-electron chi connectivity index (χ0n) is 22.9. The molecule has 4 nitrogen and oxygen atoms in total. The first kappa shape index (κ1) is 26.2. The third-order valence-corrected chi connectivity index (χ3v) is 11.8. The van der Waals surface area contributed by atoms with Crippen molar-refractivity contribution >= 4 is 6.47 Å². The molecule has 0 radical (unpaired) electrons. The summed E-state index contributed by atoms with van der Waals surface area (Å²) in [6, 6.07) is 0. The van der Waals surface area contributed by atoms with E-state index < -0.39 is 5.60 Å². The van der Waals surface area contributed by atoms with Gasteiger partial charge < -0.3 is 14.9 Å². The topological polar surface area (TPSA) is 66.8 Å². The summed E-state index contributed by atoms with van der Waals surface area (Å²) in [5, 5.41) is 21.0. The van der Waals surface area contributed by atoms with Crippen molar-refractivity contribution < 1.29 is 19.7 Å². The van der Waals surface area contributed by atoms with E-state index in [4.69, 9.17) is 4.74 Å². The summed E-state index contributed by atoms with van der Waals surface area (Å²) in [6.07, 6.45) is 11.1. The van der Waals surface area contributed by atoms with Crippen LogP contribution in [-0.4, -0.2) is 34.5 Å². The van der Waals surface area contributed by atoms with Gasteiger partial charge in [-0.3, -0.25) is 4.79 Å². The minimum absolute atomic E-state index is 0.0330. The fourth-order valence-electron chi connectivity index (χ4n) is 9.48. The van der Waals surface area contributed by atoms with Crippen molar-refractivity contribution in [2.45, 2.75) is 137 Å². The Hall–Kier alpha value is -0.870. The Morgan fingerprint density at radius 1 is 1.03 bits per heavy atom. The molecule has 194 valence electrons. The lowest BCUT2D eigenvalue weighted by molar-refractivity contribution is -0.141. The molecule has 4 aliphatic rings. The lowest BCUT2D eigenvalue weighted by atomic mass is 9.43. The first-order valence-corrected chi connectivity index (χ1v) is 13.9. The third kappa shape index (κ3) is 3.90. The number of ether oxygens (including phenoxy) is 1. The molecule has 4 heteroatoms. The van der Waals surface area contributed by atoms with Gasteiger partial charge in [-0.05, 0) is 112 Å². The summed E-state index contributed by atoms with van der Waals surface area (Å²) in [4.78, 5) is 11.5. The lowest BCUT2D eigenvalue weighted by Crippen LogP contribution is -2.55. The molecule has 0 amide bonds. The smallest absolute Gasteiger partial charge is 0.293 e. The number of allylic oxidation sites excluding steroid dienone is 2. The van der Waals surface area contributed by atoms with Gasteiger partial charge in [-0.1, -0.05) is 45.8 Å². The van der Waals surface area contributed by atoms with Crippen LogP contribution in [0.25, 0.3) is 0 Å². The average Bonchev–Trinajstić information content (AvgIpc) is 3.01. The number of aliphatic hydroxyl groups is 2. The molecular weight excluding hydrogens is 424 g/mol. The van der Waals surface area contributed by atoms with Crippen LogP contribution in [0.4, 0.5) is 0 Å². The van der Waals surface area contributed by atoms with E-state index in [2.05, 4.69) is 34.6 Å². The average molecular weight is 475 g/mol. The predicted octanol–water partition coefficient (Wildman–Crippen LogP) is 6.58. The second-order valence-electron chi connectivity index (χ2n) is 14.2. The maximum atomic E-state index is 11.5. The SMILES string of the molecule is CC(C)(O)CCC[C@@H](OC=O)[C@H]1CC[C@@]2(C)C3=C(CC[C@]12C)[C@@]1(C)CC[C@H](O)C(C)(C)C1CC3. The Kier molecular flexibility index (Phi) is 6.64. The fraction of sp³-hybridized carbons (Fsp3) is 0.900. The molecule has 0 aromatic carbocycles. The van der Waals surface area contributed by atoms with Gasteiger partial charge in [-0.25, -0.2) is 0 Å². The van der Waals surface area contributed by atoms with Crippen LogP contribution in [0.1, 0.15) is 119 Å². The second kappa shape index (κ2) is 8.61. The van der Waals surface area contributed by atoms with Crippen LogP contribution in [0, 0.1) is 33.5 Å². The number of carbonyl (C=O) groups is 1. The molecule has 4 aliphatic carbocycles. The summed E-state index contributed by atoms with van der Waals surface area (Å²) < 4.78 is 5.77. The third-order valence-electron chi connectivity index (χ3n) is 11.8. The van der Waals surface area contributed by atoms with E-state index in [9.17, 15) is 15.0 Å². The van der Waals surface area contributed by atoms with Crippen molar-refractivity contribution in [3.63, 3.8) is 0 Å². The molecule has 1 unspecified atom stereocenters. The molecule has 0 aromatic rings. The van der Waals surface area contributed by atoms with E-state index in [0.29, 0.717) is 18.3 Å². The van der Waals surface area contributed by atoms with E-state index in [0.717, 1.165) is 57.8 Å². The van der Waals surface area contributed by atoms with E-state index in [-0.39, 0.29) is 33.9 Å². The van der Waals surface area contributed by atoms with Gasteiger partial charge in [0.25, 0.3) is 6.47 Å². The van der Waals surface area contributed by atoms with Crippen molar-refractivity contribution in [3.8, 4) is 0 Å². The molecule has 0 bridgehead atoms. The van der Waals surface area contributed by atoms with E-state index in [1.807, 2.05) is 13.8 Å². The number of aliphatic hydroxyl groups excluding tert-OH is 1. The molecule has 0 aromatic heterocycles. The molecule has 0 heterocycles. The summed E-state index contributed by atoms with van der Waals surface area (Å²) in [5.74, 6) is 0.911. The van der Waals surface area contributed by atoms with Gasteiger partial charge in [0.05, 0.1) is 11.7 Å². The molecule has 0 spiro atoms. The Morgan fingerprint density at radius 3 is 2.38 bits per heavy atom. The van der Waals surface area contributed by atoms with Crippen molar-refractivity contribution in [3.05, 3.63) is 11.1 Å². The van der Waals surface area contributed by atoms with E-state index in [1.165, 1.54) is 12.8 Å². The number of hydrogen-bond acceptors (Lipinski definition) is 4. The zero-order valence-corrected chi connectivity index (χ0v) is 22.9. The van der Waals surface area contributed by atoms with Gasteiger partial charge in [0.15, 0.2) is 0 Å². The number of hydrogen-bond donors (Lipinski definition) is 2. The molecule has 34 heavy (non-hydrogen) atoms. The van der Waals surface area contributed by atoms with Gasteiger partial charge in [0.1, 0.15) is 6.10 Å². The highest BCUT2D eigenvalue weighted by Gasteiger charge is 2.64. The summed E-state index contributed by atoms with van der Waals surface area (Å²) in [6.45, 7) is 16.5. The molecule has 2 saturated carbocycles. The molecule has 2 fully saturated rings. The van der Waals surface area contributed by atoms with E-state index >= 15 is 0 Å². The minimum Gasteiger partial charge on any atom is -0.464 e. The molecule has 0 aliphatic heterocycles. The van der Waals surface area contributed by atoms with Crippen LogP contribution in [0.3, 0.4) is 0 Å². The van der Waals surface area contributed by atoms with Crippen molar-refractivity contribution in [2.75, 3.05) is 0 Å². The molecule has 0 saturated heterocycles. The van der Waals surface area contributed by atoms with Crippen molar-refractivity contribution in [2.24, 2.45) is 33.5 Å². The van der Waals surface area contributed by atoms with Crippen LogP contribution in [0.15, 0.2) is 11.1 Å². The summed E-state index contributed by atoms with van der Waals surface area (Å²) in [7, 11) is 0. The normalized spacial score (nSPS) is 42.4. The van der Waals surface area contributed by atoms with Crippen LogP contribution in [0.5, 0.6) is 0 Å². The minimum atomic E-state index is -0.681. The quantitative estimate of drug-likeness (QED) is 0.323. The highest BCUT2D eigenvalue weighted by atomic mass is 16.5. The van der Waals surface area contributed by atoms with Gasteiger partial charge >= 0.3 is 0 Å². The summed E-state index contributed by atoms with van der Waals surface area (Å²) in [5.41, 5.74) is 3.20. The van der Waals surface area contributed by atoms with Crippen molar-refractivity contribution in [1.29, 1.82) is 0 Å². The molecule has 2 N–H and O–H groups in total.